The van der Waals surface area contributed by atoms with Gasteiger partial charge in [0.1, 0.15) is 0 Å². The highest BCUT2D eigenvalue weighted by Crippen LogP contribution is 2.35. The van der Waals surface area contributed by atoms with Crippen molar-refractivity contribution in [2.24, 2.45) is 7.05 Å². The summed E-state index contributed by atoms with van der Waals surface area (Å²) in [6.07, 6.45) is 3.56. The van der Waals surface area contributed by atoms with Crippen molar-refractivity contribution in [3.63, 3.8) is 0 Å². The van der Waals surface area contributed by atoms with E-state index in [1.165, 1.54) is 0 Å². The number of anilines is 1. The van der Waals surface area contributed by atoms with Crippen LogP contribution in [0.2, 0.25) is 10.0 Å². The summed E-state index contributed by atoms with van der Waals surface area (Å²) >= 11 is 15.5. The Labute approximate surface area is 118 Å². The molecule has 0 bridgehead atoms. The number of nitrogens with zero attached hydrogens (tertiary/aromatic N) is 2. The Bertz CT molecular complexity index is 540. The second kappa shape index (κ2) is 5.29. The first kappa shape index (κ1) is 12.7. The van der Waals surface area contributed by atoms with E-state index in [-0.39, 0.29) is 0 Å². The molecule has 0 spiro atoms. The van der Waals surface area contributed by atoms with Gasteiger partial charge in [0.05, 0.1) is 34.3 Å². The Morgan fingerprint density at radius 1 is 1.35 bits per heavy atom. The van der Waals surface area contributed by atoms with Crippen LogP contribution in [0.15, 0.2) is 29.1 Å². The third-order valence-electron chi connectivity index (χ3n) is 2.41. The lowest BCUT2D eigenvalue weighted by Gasteiger charge is -2.10. The predicted octanol–water partition coefficient (Wildman–Crippen LogP) is 4.10. The molecule has 1 aromatic heterocycles. The number of benzene rings is 1. The van der Waals surface area contributed by atoms with Crippen molar-refractivity contribution >= 4 is 44.8 Å². The predicted molar refractivity (Wildman–Crippen MR) is 74.7 cm³/mol. The average Bonchev–Trinajstić information content (AvgIpc) is 2.71. The van der Waals surface area contributed by atoms with Gasteiger partial charge in [-0.3, -0.25) is 0 Å². The molecule has 0 aliphatic carbocycles. The van der Waals surface area contributed by atoms with Crippen molar-refractivity contribution in [2.75, 3.05) is 5.32 Å². The number of aromatic nitrogens is 2. The van der Waals surface area contributed by atoms with Crippen molar-refractivity contribution in [1.29, 1.82) is 0 Å². The molecule has 0 atom stereocenters. The third kappa shape index (κ3) is 2.76. The zero-order chi connectivity index (χ0) is 12.4. The molecule has 0 saturated heterocycles. The van der Waals surface area contributed by atoms with Crippen LogP contribution < -0.4 is 5.32 Å². The van der Waals surface area contributed by atoms with Crippen molar-refractivity contribution in [2.45, 2.75) is 6.54 Å². The molecule has 0 unspecified atom stereocenters. The van der Waals surface area contributed by atoms with Gasteiger partial charge < -0.3 is 9.88 Å². The first-order valence-corrected chi connectivity index (χ1v) is 6.47. The summed E-state index contributed by atoms with van der Waals surface area (Å²) < 4.78 is 2.73. The summed E-state index contributed by atoms with van der Waals surface area (Å²) in [6.45, 7) is 0.647. The van der Waals surface area contributed by atoms with E-state index < -0.39 is 0 Å². The monoisotopic (exact) mass is 333 g/mol. The van der Waals surface area contributed by atoms with E-state index in [4.69, 9.17) is 23.2 Å². The minimum atomic E-state index is 0.515. The van der Waals surface area contributed by atoms with Crippen LogP contribution in [-0.2, 0) is 13.6 Å². The molecule has 90 valence electrons. The molecule has 0 aliphatic rings. The van der Waals surface area contributed by atoms with Crippen molar-refractivity contribution in [3.05, 3.63) is 44.9 Å². The Balaban J connectivity index is 2.15. The largest absolute Gasteiger partial charge is 0.378 e. The van der Waals surface area contributed by atoms with Crippen molar-refractivity contribution in [3.8, 4) is 0 Å². The van der Waals surface area contributed by atoms with Gasteiger partial charge >= 0.3 is 0 Å². The highest BCUT2D eigenvalue weighted by Gasteiger charge is 2.08. The van der Waals surface area contributed by atoms with Crippen LogP contribution in [0.25, 0.3) is 0 Å². The molecule has 2 rings (SSSR count). The summed E-state index contributed by atoms with van der Waals surface area (Å²) in [6, 6.07) is 3.74. The summed E-state index contributed by atoms with van der Waals surface area (Å²) in [7, 11) is 1.94. The molecule has 1 heterocycles. The van der Waals surface area contributed by atoms with Crippen molar-refractivity contribution < 1.29 is 0 Å². The normalized spacial score (nSPS) is 10.6. The smallest absolute Gasteiger partial charge is 0.0946 e. The number of hydrogen-bond donors (Lipinski definition) is 1. The molecule has 0 saturated carbocycles. The Hall–Kier alpha value is -0.710. The van der Waals surface area contributed by atoms with Gasteiger partial charge in [-0.2, -0.15) is 0 Å². The van der Waals surface area contributed by atoms with Gasteiger partial charge in [0.2, 0.25) is 0 Å². The lowest BCUT2D eigenvalue weighted by atomic mass is 10.3. The maximum atomic E-state index is 6.13. The number of halogens is 3. The van der Waals surface area contributed by atoms with Gasteiger partial charge in [0.25, 0.3) is 0 Å². The van der Waals surface area contributed by atoms with Gasteiger partial charge in [0.15, 0.2) is 0 Å². The first-order chi connectivity index (χ1) is 8.09. The highest BCUT2D eigenvalue weighted by atomic mass is 79.9. The van der Waals surface area contributed by atoms with Crippen LogP contribution in [-0.4, -0.2) is 9.55 Å². The topological polar surface area (TPSA) is 29.9 Å². The number of rotatable bonds is 3. The molecule has 0 amide bonds. The fourth-order valence-electron chi connectivity index (χ4n) is 1.40. The Morgan fingerprint density at radius 2 is 2.12 bits per heavy atom. The zero-order valence-electron chi connectivity index (χ0n) is 9.04. The summed E-state index contributed by atoms with van der Waals surface area (Å²) in [5.74, 6) is 0. The molecular formula is C11H10BrCl2N3. The molecule has 3 nitrogen and oxygen atoms in total. The quantitative estimate of drug-likeness (QED) is 0.856. The van der Waals surface area contributed by atoms with Gasteiger partial charge in [-0.05, 0) is 28.1 Å². The number of aryl methyl sites for hydroxylation is 1. The standard InChI is InChI=1S/C11H10BrCl2N3/c1-17-6-15-4-7(17)5-16-9-3-2-8(12)10(13)11(9)14/h2-4,6,16H,5H2,1H3. The second-order valence-electron chi connectivity index (χ2n) is 3.57. The van der Waals surface area contributed by atoms with Crippen LogP contribution in [0.5, 0.6) is 0 Å². The lowest BCUT2D eigenvalue weighted by molar-refractivity contribution is 0.837. The van der Waals surface area contributed by atoms with E-state index in [9.17, 15) is 0 Å². The van der Waals surface area contributed by atoms with Gasteiger partial charge in [-0.15, -0.1) is 0 Å². The van der Waals surface area contributed by atoms with Gasteiger partial charge in [-0.1, -0.05) is 23.2 Å². The van der Waals surface area contributed by atoms with E-state index in [0.717, 1.165) is 15.9 Å². The van der Waals surface area contributed by atoms with E-state index in [1.54, 1.807) is 12.5 Å². The molecular weight excluding hydrogens is 325 g/mol. The van der Waals surface area contributed by atoms with E-state index in [2.05, 4.69) is 26.2 Å². The van der Waals surface area contributed by atoms with Crippen LogP contribution in [0.3, 0.4) is 0 Å². The highest BCUT2D eigenvalue weighted by molar-refractivity contribution is 9.10. The number of hydrogen-bond acceptors (Lipinski definition) is 2. The van der Waals surface area contributed by atoms with Crippen LogP contribution in [0, 0.1) is 0 Å². The minimum Gasteiger partial charge on any atom is -0.378 e. The first-order valence-electron chi connectivity index (χ1n) is 4.92. The van der Waals surface area contributed by atoms with E-state index >= 15 is 0 Å². The Kier molecular flexibility index (Phi) is 3.97. The molecule has 6 heteroatoms. The third-order valence-corrected chi connectivity index (χ3v) is 4.18. The van der Waals surface area contributed by atoms with Crippen molar-refractivity contribution in [1.82, 2.24) is 9.55 Å². The maximum Gasteiger partial charge on any atom is 0.0946 e. The Morgan fingerprint density at radius 3 is 2.76 bits per heavy atom. The second-order valence-corrected chi connectivity index (χ2v) is 5.18. The summed E-state index contributed by atoms with van der Waals surface area (Å²) in [4.78, 5) is 4.04. The molecule has 1 N–H and O–H groups in total. The number of imidazole rings is 1. The summed E-state index contributed by atoms with van der Waals surface area (Å²) in [5.41, 5.74) is 1.88. The molecule has 0 aliphatic heterocycles. The fourth-order valence-corrected chi connectivity index (χ4v) is 2.24. The minimum absolute atomic E-state index is 0.515. The number of nitrogens with one attached hydrogen (secondary N) is 1. The molecule has 0 radical (unpaired) electrons. The molecule has 1 aromatic carbocycles. The zero-order valence-corrected chi connectivity index (χ0v) is 12.1. The SMILES string of the molecule is Cn1cncc1CNc1ccc(Br)c(Cl)c1Cl. The summed E-state index contributed by atoms with van der Waals surface area (Å²) in [5, 5.41) is 4.26. The molecule has 2 aromatic rings. The maximum absolute atomic E-state index is 6.13. The van der Waals surface area contributed by atoms with Crippen LogP contribution in [0.1, 0.15) is 5.69 Å². The van der Waals surface area contributed by atoms with Gasteiger partial charge in [0, 0.05) is 17.7 Å². The molecule has 17 heavy (non-hydrogen) atoms. The van der Waals surface area contributed by atoms with E-state index in [0.29, 0.717) is 16.6 Å². The van der Waals surface area contributed by atoms with E-state index in [1.807, 2.05) is 23.7 Å². The molecule has 0 fully saturated rings. The van der Waals surface area contributed by atoms with Gasteiger partial charge in [-0.25, -0.2) is 4.98 Å². The lowest BCUT2D eigenvalue weighted by Crippen LogP contribution is -2.04. The average molecular weight is 335 g/mol. The fraction of sp³-hybridized carbons (Fsp3) is 0.182. The van der Waals surface area contributed by atoms with Crippen LogP contribution in [0.4, 0.5) is 5.69 Å². The van der Waals surface area contributed by atoms with Crippen LogP contribution >= 0.6 is 39.1 Å².